The topological polar surface area (TPSA) is 57.3 Å². The summed E-state index contributed by atoms with van der Waals surface area (Å²) in [5.41, 5.74) is 1.77. The van der Waals surface area contributed by atoms with Gasteiger partial charge in [0.1, 0.15) is 5.76 Å². The molecule has 3 rings (SSSR count). The number of amidine groups is 1. The van der Waals surface area contributed by atoms with Crippen molar-refractivity contribution in [1.29, 1.82) is 5.41 Å². The van der Waals surface area contributed by atoms with Gasteiger partial charge in [0.05, 0.1) is 16.9 Å². The lowest BCUT2D eigenvalue weighted by atomic mass is 10.2. The van der Waals surface area contributed by atoms with Crippen LogP contribution in [0, 0.1) is 12.3 Å². The first-order chi connectivity index (χ1) is 9.65. The van der Waals surface area contributed by atoms with E-state index in [1.54, 1.807) is 24.5 Å². The van der Waals surface area contributed by atoms with Crippen LogP contribution >= 0.6 is 11.8 Å². The van der Waals surface area contributed by atoms with Gasteiger partial charge in [-0.3, -0.25) is 15.1 Å². The van der Waals surface area contributed by atoms with Crippen LogP contribution in [0.3, 0.4) is 0 Å². The molecule has 0 radical (unpaired) electrons. The van der Waals surface area contributed by atoms with Crippen molar-refractivity contribution in [3.8, 4) is 0 Å². The number of nitrogens with one attached hydrogen (secondary N) is 1. The number of carbonyl (C=O) groups is 1. The third-order valence-electron chi connectivity index (χ3n) is 2.90. The van der Waals surface area contributed by atoms with E-state index in [4.69, 9.17) is 9.83 Å². The molecule has 1 aromatic heterocycles. The van der Waals surface area contributed by atoms with E-state index < -0.39 is 0 Å². The quantitative estimate of drug-likeness (QED) is 0.856. The molecule has 0 saturated carbocycles. The Morgan fingerprint density at radius 2 is 2.15 bits per heavy atom. The molecule has 0 spiro atoms. The minimum absolute atomic E-state index is 0.193. The monoisotopic (exact) mass is 284 g/mol. The Hall–Kier alpha value is -2.27. The van der Waals surface area contributed by atoms with E-state index in [0.29, 0.717) is 10.7 Å². The molecule has 2 aromatic rings. The third kappa shape index (κ3) is 2.28. The van der Waals surface area contributed by atoms with Crippen LogP contribution in [0.5, 0.6) is 0 Å². The molecule has 1 saturated heterocycles. The van der Waals surface area contributed by atoms with Crippen LogP contribution in [0.2, 0.25) is 0 Å². The molecule has 0 aliphatic carbocycles. The number of benzene rings is 1. The summed E-state index contributed by atoms with van der Waals surface area (Å²) in [6.07, 6.45) is 3.22. The minimum Gasteiger partial charge on any atom is -0.465 e. The zero-order valence-corrected chi connectivity index (χ0v) is 11.6. The van der Waals surface area contributed by atoms with Gasteiger partial charge in [0.25, 0.3) is 5.91 Å². The fraction of sp³-hybridized carbons (Fsp3) is 0.0667. The van der Waals surface area contributed by atoms with E-state index >= 15 is 0 Å². The summed E-state index contributed by atoms with van der Waals surface area (Å²) in [7, 11) is 0. The van der Waals surface area contributed by atoms with Crippen molar-refractivity contribution in [1.82, 2.24) is 0 Å². The van der Waals surface area contributed by atoms with E-state index in [2.05, 4.69) is 0 Å². The molecule has 0 atom stereocenters. The van der Waals surface area contributed by atoms with Gasteiger partial charge in [0.15, 0.2) is 5.17 Å². The summed E-state index contributed by atoms with van der Waals surface area (Å²) in [4.78, 5) is 14.3. The zero-order chi connectivity index (χ0) is 14.1. The van der Waals surface area contributed by atoms with E-state index in [0.717, 1.165) is 23.0 Å². The van der Waals surface area contributed by atoms with Crippen LogP contribution in [-0.2, 0) is 4.79 Å². The molecule has 1 N–H and O–H groups in total. The van der Waals surface area contributed by atoms with Gasteiger partial charge in [0, 0.05) is 6.08 Å². The van der Waals surface area contributed by atoms with E-state index in [-0.39, 0.29) is 11.1 Å². The highest BCUT2D eigenvalue weighted by Crippen LogP contribution is 2.35. The number of hydrogen-bond donors (Lipinski definition) is 1. The standard InChI is InChI=1S/C15H12N2O2S/c1-10-4-2-5-11(8-10)17-14(18)13(20-15(17)16)9-12-6-3-7-19-12/h2-9,16H,1H3/b13-9-,16-15?. The number of furan rings is 1. The molecule has 2 heterocycles. The van der Waals surface area contributed by atoms with Crippen LogP contribution < -0.4 is 4.90 Å². The van der Waals surface area contributed by atoms with Crippen LogP contribution in [-0.4, -0.2) is 11.1 Å². The van der Waals surface area contributed by atoms with Gasteiger partial charge < -0.3 is 4.42 Å². The molecule has 1 aliphatic rings. The molecule has 1 aromatic carbocycles. The first kappa shape index (κ1) is 12.7. The lowest BCUT2D eigenvalue weighted by molar-refractivity contribution is -0.113. The fourth-order valence-corrected chi connectivity index (χ4v) is 2.83. The summed E-state index contributed by atoms with van der Waals surface area (Å²) in [5.74, 6) is 0.418. The number of hydrogen-bond acceptors (Lipinski definition) is 4. The normalized spacial score (nSPS) is 17.2. The molecule has 5 heteroatoms. The molecule has 1 fully saturated rings. The molecule has 1 amide bonds. The van der Waals surface area contributed by atoms with Gasteiger partial charge >= 0.3 is 0 Å². The first-order valence-electron chi connectivity index (χ1n) is 6.08. The summed E-state index contributed by atoms with van der Waals surface area (Å²) in [5, 5.41) is 8.21. The average molecular weight is 284 g/mol. The van der Waals surface area contributed by atoms with Gasteiger partial charge in [0.2, 0.25) is 0 Å². The minimum atomic E-state index is -0.193. The Kier molecular flexibility index (Phi) is 3.20. The van der Waals surface area contributed by atoms with E-state index in [9.17, 15) is 4.79 Å². The van der Waals surface area contributed by atoms with Crippen molar-refractivity contribution in [2.45, 2.75) is 6.92 Å². The highest BCUT2D eigenvalue weighted by molar-refractivity contribution is 8.19. The number of thioether (sulfide) groups is 1. The van der Waals surface area contributed by atoms with E-state index in [1.165, 1.54) is 4.90 Å². The second-order valence-corrected chi connectivity index (χ2v) is 5.44. The maximum Gasteiger partial charge on any atom is 0.271 e. The predicted molar refractivity (Wildman–Crippen MR) is 80.7 cm³/mol. The van der Waals surface area contributed by atoms with Crippen molar-refractivity contribution in [3.05, 3.63) is 58.9 Å². The Morgan fingerprint density at radius 3 is 2.85 bits per heavy atom. The van der Waals surface area contributed by atoms with Gasteiger partial charge in [-0.05, 0) is 48.5 Å². The van der Waals surface area contributed by atoms with Crippen molar-refractivity contribution < 1.29 is 9.21 Å². The number of rotatable bonds is 2. The van der Waals surface area contributed by atoms with Crippen molar-refractivity contribution in [2.24, 2.45) is 0 Å². The largest absolute Gasteiger partial charge is 0.465 e. The van der Waals surface area contributed by atoms with Gasteiger partial charge in [-0.15, -0.1) is 0 Å². The summed E-state index contributed by atoms with van der Waals surface area (Å²) in [6.45, 7) is 1.96. The highest BCUT2D eigenvalue weighted by atomic mass is 32.2. The Bertz CT molecular complexity index is 704. The summed E-state index contributed by atoms with van der Waals surface area (Å²) >= 11 is 1.14. The highest BCUT2D eigenvalue weighted by Gasteiger charge is 2.33. The lowest BCUT2D eigenvalue weighted by Crippen LogP contribution is -2.28. The third-order valence-corrected chi connectivity index (χ3v) is 3.79. The number of anilines is 1. The number of nitrogens with zero attached hydrogens (tertiary/aromatic N) is 1. The van der Waals surface area contributed by atoms with Crippen LogP contribution in [0.1, 0.15) is 11.3 Å². The predicted octanol–water partition coefficient (Wildman–Crippen LogP) is 3.64. The molecule has 100 valence electrons. The molecule has 1 aliphatic heterocycles. The van der Waals surface area contributed by atoms with Gasteiger partial charge in [-0.25, -0.2) is 0 Å². The van der Waals surface area contributed by atoms with Crippen LogP contribution in [0.25, 0.3) is 6.08 Å². The van der Waals surface area contributed by atoms with Gasteiger partial charge in [-0.2, -0.15) is 0 Å². The number of carbonyl (C=O) groups excluding carboxylic acids is 1. The van der Waals surface area contributed by atoms with Crippen LogP contribution in [0.15, 0.2) is 52.0 Å². The molecule has 0 bridgehead atoms. The van der Waals surface area contributed by atoms with Crippen molar-refractivity contribution in [3.63, 3.8) is 0 Å². The van der Waals surface area contributed by atoms with Crippen molar-refractivity contribution in [2.75, 3.05) is 4.90 Å². The van der Waals surface area contributed by atoms with E-state index in [1.807, 2.05) is 31.2 Å². The Morgan fingerprint density at radius 1 is 1.30 bits per heavy atom. The lowest BCUT2D eigenvalue weighted by Gasteiger charge is -2.14. The molecule has 0 unspecified atom stereocenters. The van der Waals surface area contributed by atoms with Crippen molar-refractivity contribution >= 4 is 34.6 Å². The fourth-order valence-electron chi connectivity index (χ4n) is 1.99. The molecular weight excluding hydrogens is 272 g/mol. The Labute approximate surface area is 120 Å². The maximum absolute atomic E-state index is 12.4. The molecule has 20 heavy (non-hydrogen) atoms. The molecular formula is C15H12N2O2S. The zero-order valence-electron chi connectivity index (χ0n) is 10.8. The summed E-state index contributed by atoms with van der Waals surface area (Å²) < 4.78 is 5.21. The second-order valence-electron chi connectivity index (χ2n) is 4.41. The SMILES string of the molecule is Cc1cccc(N2C(=N)S/C(=C\c3ccco3)C2=O)c1. The summed E-state index contributed by atoms with van der Waals surface area (Å²) in [6, 6.07) is 11.1. The average Bonchev–Trinajstić information content (AvgIpc) is 2.99. The first-order valence-corrected chi connectivity index (χ1v) is 6.89. The number of aryl methyl sites for hydroxylation is 1. The number of amides is 1. The smallest absolute Gasteiger partial charge is 0.271 e. The second kappa shape index (κ2) is 5.02. The molecule has 4 nitrogen and oxygen atoms in total. The van der Waals surface area contributed by atoms with Gasteiger partial charge in [-0.1, -0.05) is 12.1 Å². The Balaban J connectivity index is 1.95. The van der Waals surface area contributed by atoms with Crippen LogP contribution in [0.4, 0.5) is 5.69 Å². The maximum atomic E-state index is 12.4.